The molecular formula is C11H15BrN2. The number of halogens is 1. The van der Waals surface area contributed by atoms with Crippen LogP contribution in [0.4, 0.5) is 5.82 Å². The van der Waals surface area contributed by atoms with Gasteiger partial charge in [-0.15, -0.1) is 0 Å². The monoisotopic (exact) mass is 254 g/mol. The van der Waals surface area contributed by atoms with Crippen LogP contribution in [0.15, 0.2) is 16.7 Å². The Kier molecular flexibility index (Phi) is 3.06. The highest BCUT2D eigenvalue weighted by Gasteiger charge is 2.16. The van der Waals surface area contributed by atoms with E-state index >= 15 is 0 Å². The van der Waals surface area contributed by atoms with Crippen LogP contribution in [0.25, 0.3) is 0 Å². The molecule has 0 saturated heterocycles. The molecule has 2 N–H and O–H groups in total. The minimum atomic E-state index is 0.588. The van der Waals surface area contributed by atoms with Gasteiger partial charge in [0.05, 0.1) is 4.47 Å². The fourth-order valence-electron chi connectivity index (χ4n) is 2.12. The highest BCUT2D eigenvalue weighted by molar-refractivity contribution is 9.10. The summed E-state index contributed by atoms with van der Waals surface area (Å²) in [6, 6.07) is 2.12. The molecule has 2 nitrogen and oxygen atoms in total. The molecular weight excluding hydrogens is 240 g/mol. The van der Waals surface area contributed by atoms with Gasteiger partial charge in [-0.3, -0.25) is 0 Å². The Balaban J connectivity index is 2.18. The van der Waals surface area contributed by atoms with Crippen LogP contribution in [0, 0.1) is 0 Å². The predicted molar refractivity (Wildman–Crippen MR) is 62.2 cm³/mol. The first-order valence-corrected chi connectivity index (χ1v) is 5.97. The van der Waals surface area contributed by atoms with Crippen molar-refractivity contribution in [2.24, 2.45) is 0 Å². The number of aromatic nitrogens is 1. The SMILES string of the molecule is Nc1ncc(C2CCCCC2)cc1Br. The van der Waals surface area contributed by atoms with Crippen molar-refractivity contribution in [3.05, 3.63) is 22.3 Å². The highest BCUT2D eigenvalue weighted by atomic mass is 79.9. The summed E-state index contributed by atoms with van der Waals surface area (Å²) in [5.74, 6) is 1.29. The molecule has 1 aromatic rings. The molecule has 0 atom stereocenters. The summed E-state index contributed by atoms with van der Waals surface area (Å²) >= 11 is 3.43. The molecule has 0 bridgehead atoms. The van der Waals surface area contributed by atoms with Gasteiger partial charge < -0.3 is 5.73 Å². The predicted octanol–water partition coefficient (Wildman–Crippen LogP) is 3.47. The van der Waals surface area contributed by atoms with Crippen LogP contribution in [0.5, 0.6) is 0 Å². The molecule has 2 rings (SSSR count). The Hall–Kier alpha value is -0.570. The molecule has 0 unspecified atom stereocenters. The zero-order chi connectivity index (χ0) is 9.97. The van der Waals surface area contributed by atoms with E-state index in [-0.39, 0.29) is 0 Å². The van der Waals surface area contributed by atoms with E-state index in [1.165, 1.54) is 37.7 Å². The number of hydrogen-bond donors (Lipinski definition) is 1. The summed E-state index contributed by atoms with van der Waals surface area (Å²) in [7, 11) is 0. The number of hydrogen-bond acceptors (Lipinski definition) is 2. The normalized spacial score (nSPS) is 18.4. The van der Waals surface area contributed by atoms with Crippen molar-refractivity contribution in [2.75, 3.05) is 5.73 Å². The summed E-state index contributed by atoms with van der Waals surface area (Å²) < 4.78 is 0.931. The minimum Gasteiger partial charge on any atom is -0.383 e. The lowest BCUT2D eigenvalue weighted by Crippen LogP contribution is -2.05. The van der Waals surface area contributed by atoms with Gasteiger partial charge in [-0.1, -0.05) is 19.3 Å². The van der Waals surface area contributed by atoms with E-state index in [4.69, 9.17) is 5.73 Å². The maximum absolute atomic E-state index is 5.66. The van der Waals surface area contributed by atoms with Crippen LogP contribution in [0.2, 0.25) is 0 Å². The first-order chi connectivity index (χ1) is 6.77. The molecule has 1 aliphatic carbocycles. The fraction of sp³-hybridized carbons (Fsp3) is 0.545. The van der Waals surface area contributed by atoms with Gasteiger partial charge in [0.1, 0.15) is 5.82 Å². The molecule has 1 aliphatic rings. The zero-order valence-electron chi connectivity index (χ0n) is 8.17. The summed E-state index contributed by atoms with van der Waals surface area (Å²) in [6.07, 6.45) is 8.63. The Morgan fingerprint density at radius 1 is 1.29 bits per heavy atom. The van der Waals surface area contributed by atoms with E-state index in [1.807, 2.05) is 6.20 Å². The molecule has 1 fully saturated rings. The first kappa shape index (κ1) is 9.97. The molecule has 0 radical (unpaired) electrons. The maximum atomic E-state index is 5.66. The average molecular weight is 255 g/mol. The van der Waals surface area contributed by atoms with E-state index in [9.17, 15) is 0 Å². The molecule has 0 aromatic carbocycles. The molecule has 0 amide bonds. The number of rotatable bonds is 1. The van der Waals surface area contributed by atoms with Crippen molar-refractivity contribution in [3.8, 4) is 0 Å². The Labute approximate surface area is 93.0 Å². The van der Waals surface area contributed by atoms with Crippen molar-refractivity contribution in [1.82, 2.24) is 4.98 Å². The summed E-state index contributed by atoms with van der Waals surface area (Å²) in [4.78, 5) is 4.18. The maximum Gasteiger partial charge on any atom is 0.137 e. The van der Waals surface area contributed by atoms with Gasteiger partial charge in [-0.25, -0.2) is 4.98 Å². The third-order valence-electron chi connectivity index (χ3n) is 2.97. The second-order valence-electron chi connectivity index (χ2n) is 3.97. The van der Waals surface area contributed by atoms with Crippen LogP contribution in [0.3, 0.4) is 0 Å². The molecule has 76 valence electrons. The molecule has 1 aromatic heterocycles. The molecule has 1 heterocycles. The van der Waals surface area contributed by atoms with Crippen molar-refractivity contribution >= 4 is 21.7 Å². The second kappa shape index (κ2) is 4.30. The van der Waals surface area contributed by atoms with Gasteiger partial charge in [0.2, 0.25) is 0 Å². The largest absolute Gasteiger partial charge is 0.383 e. The lowest BCUT2D eigenvalue weighted by atomic mass is 9.85. The van der Waals surface area contributed by atoms with Crippen molar-refractivity contribution in [3.63, 3.8) is 0 Å². The lowest BCUT2D eigenvalue weighted by molar-refractivity contribution is 0.443. The van der Waals surface area contributed by atoms with Crippen molar-refractivity contribution in [2.45, 2.75) is 38.0 Å². The Morgan fingerprint density at radius 3 is 2.64 bits per heavy atom. The number of nitrogens with zero attached hydrogens (tertiary/aromatic N) is 1. The van der Waals surface area contributed by atoms with E-state index in [0.717, 1.165) is 4.47 Å². The van der Waals surface area contributed by atoms with E-state index in [0.29, 0.717) is 11.7 Å². The number of nitrogen functional groups attached to an aromatic ring is 1. The van der Waals surface area contributed by atoms with Crippen LogP contribution in [0.1, 0.15) is 43.6 Å². The van der Waals surface area contributed by atoms with Crippen LogP contribution in [-0.2, 0) is 0 Å². The van der Waals surface area contributed by atoms with Crippen LogP contribution in [-0.4, -0.2) is 4.98 Å². The Bertz CT molecular complexity index is 319. The summed E-state index contributed by atoms with van der Waals surface area (Å²) in [5.41, 5.74) is 7.00. The third-order valence-corrected chi connectivity index (χ3v) is 3.60. The molecule has 14 heavy (non-hydrogen) atoms. The number of nitrogens with two attached hydrogens (primary N) is 1. The fourth-order valence-corrected chi connectivity index (χ4v) is 2.49. The topological polar surface area (TPSA) is 38.9 Å². The van der Waals surface area contributed by atoms with Crippen LogP contribution < -0.4 is 5.73 Å². The quantitative estimate of drug-likeness (QED) is 0.834. The van der Waals surface area contributed by atoms with Crippen LogP contribution >= 0.6 is 15.9 Å². The van der Waals surface area contributed by atoms with E-state index in [1.54, 1.807) is 0 Å². The van der Waals surface area contributed by atoms with Gasteiger partial charge in [0.15, 0.2) is 0 Å². The molecule has 1 saturated carbocycles. The van der Waals surface area contributed by atoms with Gasteiger partial charge in [-0.2, -0.15) is 0 Å². The second-order valence-corrected chi connectivity index (χ2v) is 4.82. The van der Waals surface area contributed by atoms with Gasteiger partial charge in [-0.05, 0) is 46.3 Å². The van der Waals surface area contributed by atoms with E-state index in [2.05, 4.69) is 27.0 Å². The number of pyridine rings is 1. The lowest BCUT2D eigenvalue weighted by Gasteiger charge is -2.21. The van der Waals surface area contributed by atoms with E-state index < -0.39 is 0 Å². The average Bonchev–Trinajstić information content (AvgIpc) is 2.23. The summed E-state index contributed by atoms with van der Waals surface area (Å²) in [5, 5.41) is 0. The zero-order valence-corrected chi connectivity index (χ0v) is 9.76. The molecule has 0 aliphatic heterocycles. The molecule has 3 heteroatoms. The minimum absolute atomic E-state index is 0.588. The summed E-state index contributed by atoms with van der Waals surface area (Å²) in [6.45, 7) is 0. The molecule has 0 spiro atoms. The highest BCUT2D eigenvalue weighted by Crippen LogP contribution is 2.33. The number of anilines is 1. The van der Waals surface area contributed by atoms with Crippen molar-refractivity contribution in [1.29, 1.82) is 0 Å². The standard InChI is InChI=1S/C11H15BrN2/c12-10-6-9(7-14-11(10)13)8-4-2-1-3-5-8/h6-8H,1-5H2,(H2,13,14). The van der Waals surface area contributed by atoms with Gasteiger partial charge >= 0.3 is 0 Å². The van der Waals surface area contributed by atoms with Crippen molar-refractivity contribution < 1.29 is 0 Å². The smallest absolute Gasteiger partial charge is 0.137 e. The van der Waals surface area contributed by atoms with Gasteiger partial charge in [0, 0.05) is 6.20 Å². The first-order valence-electron chi connectivity index (χ1n) is 5.18. The third kappa shape index (κ3) is 2.08. The van der Waals surface area contributed by atoms with Gasteiger partial charge in [0.25, 0.3) is 0 Å². The Morgan fingerprint density at radius 2 is 2.00 bits per heavy atom.